The van der Waals surface area contributed by atoms with E-state index in [4.69, 9.17) is 11.6 Å². The van der Waals surface area contributed by atoms with Crippen molar-refractivity contribution < 1.29 is 0 Å². The first-order chi connectivity index (χ1) is 5.04. The van der Waals surface area contributed by atoms with Crippen molar-refractivity contribution in [2.45, 2.75) is 6.92 Å². The van der Waals surface area contributed by atoms with Gasteiger partial charge < -0.3 is 0 Å². The quantitative estimate of drug-likeness (QED) is 0.641. The first-order valence-electron chi connectivity index (χ1n) is 2.92. The minimum absolute atomic E-state index is 0.164. The van der Waals surface area contributed by atoms with Crippen LogP contribution in [-0.2, 0) is 7.05 Å². The summed E-state index contributed by atoms with van der Waals surface area (Å²) in [6.45, 7) is 1.72. The third kappa shape index (κ3) is 1.46. The monoisotopic (exact) mass is 236 g/mol. The molecule has 0 aliphatic carbocycles. The molecule has 0 aliphatic heterocycles. The maximum atomic E-state index is 11.2. The lowest BCUT2D eigenvalue weighted by Crippen LogP contribution is -2.20. The number of aromatic nitrogens is 2. The lowest BCUT2D eigenvalue weighted by Gasteiger charge is -2.02. The van der Waals surface area contributed by atoms with E-state index in [-0.39, 0.29) is 10.8 Å². The normalized spacial score (nSPS) is 10.2. The predicted molar refractivity (Wildman–Crippen MR) is 46.9 cm³/mol. The molecule has 0 aromatic carbocycles. The van der Waals surface area contributed by atoms with Crippen molar-refractivity contribution >= 4 is 27.5 Å². The second-order valence-corrected chi connectivity index (χ2v) is 3.28. The number of rotatable bonds is 0. The predicted octanol–water partition coefficient (Wildman–Crippen LogP) is 1.50. The highest BCUT2D eigenvalue weighted by atomic mass is 79.9. The van der Waals surface area contributed by atoms with E-state index < -0.39 is 0 Å². The molecule has 1 aromatic heterocycles. The van der Waals surface area contributed by atoms with Gasteiger partial charge in [0.15, 0.2) is 0 Å². The highest BCUT2D eigenvalue weighted by molar-refractivity contribution is 9.10. The van der Waals surface area contributed by atoms with Crippen LogP contribution in [0.15, 0.2) is 9.27 Å². The van der Waals surface area contributed by atoms with Crippen molar-refractivity contribution in [1.29, 1.82) is 0 Å². The molecule has 0 amide bonds. The fourth-order valence-corrected chi connectivity index (χ4v) is 1.21. The molecule has 1 rings (SSSR count). The molecule has 3 nitrogen and oxygen atoms in total. The Bertz CT molecular complexity index is 318. The van der Waals surface area contributed by atoms with Gasteiger partial charge in [-0.05, 0) is 34.5 Å². The van der Waals surface area contributed by atoms with Gasteiger partial charge in [0.25, 0.3) is 5.56 Å². The Kier molecular flexibility index (Phi) is 2.34. The van der Waals surface area contributed by atoms with E-state index >= 15 is 0 Å². The van der Waals surface area contributed by atoms with Gasteiger partial charge in [0.2, 0.25) is 5.28 Å². The molecular formula is C6H6BrClN2O. The minimum Gasteiger partial charge on any atom is -0.285 e. The van der Waals surface area contributed by atoms with Gasteiger partial charge in [0.1, 0.15) is 4.47 Å². The zero-order valence-corrected chi connectivity index (χ0v) is 8.40. The van der Waals surface area contributed by atoms with Gasteiger partial charge in [-0.25, -0.2) is 4.98 Å². The highest BCUT2D eigenvalue weighted by Gasteiger charge is 2.06. The lowest BCUT2D eigenvalue weighted by atomic mass is 10.4. The first kappa shape index (κ1) is 8.74. The van der Waals surface area contributed by atoms with Gasteiger partial charge in [-0.3, -0.25) is 9.36 Å². The Hall–Kier alpha value is -0.350. The molecule has 60 valence electrons. The van der Waals surface area contributed by atoms with E-state index in [1.54, 1.807) is 14.0 Å². The lowest BCUT2D eigenvalue weighted by molar-refractivity contribution is 0.806. The Morgan fingerprint density at radius 3 is 2.73 bits per heavy atom. The summed E-state index contributed by atoms with van der Waals surface area (Å²) in [6.07, 6.45) is 0. The zero-order valence-electron chi connectivity index (χ0n) is 6.06. The zero-order chi connectivity index (χ0) is 8.59. The molecule has 0 saturated carbocycles. The molecule has 0 bridgehead atoms. The van der Waals surface area contributed by atoms with Crippen molar-refractivity contribution in [2.75, 3.05) is 0 Å². The van der Waals surface area contributed by atoms with Crippen molar-refractivity contribution in [3.8, 4) is 0 Å². The van der Waals surface area contributed by atoms with E-state index in [2.05, 4.69) is 20.9 Å². The Labute approximate surface area is 77.1 Å². The summed E-state index contributed by atoms with van der Waals surface area (Å²) in [6, 6.07) is 0. The Balaban J connectivity index is 3.59. The molecule has 0 aliphatic rings. The number of hydrogen-bond acceptors (Lipinski definition) is 2. The fraction of sp³-hybridized carbons (Fsp3) is 0.333. The summed E-state index contributed by atoms with van der Waals surface area (Å²) < 4.78 is 1.74. The second-order valence-electron chi connectivity index (χ2n) is 2.14. The number of hydrogen-bond donors (Lipinski definition) is 0. The molecular weight excluding hydrogens is 231 g/mol. The second kappa shape index (κ2) is 2.95. The maximum Gasteiger partial charge on any atom is 0.268 e. The molecule has 0 atom stereocenters. The van der Waals surface area contributed by atoms with Crippen molar-refractivity contribution in [3.63, 3.8) is 0 Å². The fourth-order valence-electron chi connectivity index (χ4n) is 0.648. The molecule has 0 unspecified atom stereocenters. The largest absolute Gasteiger partial charge is 0.285 e. The van der Waals surface area contributed by atoms with Crippen LogP contribution in [0.25, 0.3) is 0 Å². The standard InChI is InChI=1S/C6H6BrClN2O/c1-3-4(7)5(11)10(2)6(8)9-3/h1-2H3. The molecule has 1 aromatic rings. The molecule has 0 radical (unpaired) electrons. The van der Waals surface area contributed by atoms with E-state index in [1.807, 2.05) is 0 Å². The van der Waals surface area contributed by atoms with Gasteiger partial charge >= 0.3 is 0 Å². The SMILES string of the molecule is Cc1nc(Cl)n(C)c(=O)c1Br. The van der Waals surface area contributed by atoms with Crippen molar-refractivity contribution in [1.82, 2.24) is 9.55 Å². The molecule has 0 N–H and O–H groups in total. The van der Waals surface area contributed by atoms with Gasteiger partial charge in [-0.2, -0.15) is 0 Å². The summed E-state index contributed by atoms with van der Waals surface area (Å²) in [7, 11) is 1.57. The van der Waals surface area contributed by atoms with Crippen LogP contribution in [0.1, 0.15) is 5.69 Å². The van der Waals surface area contributed by atoms with Crippen LogP contribution in [0.3, 0.4) is 0 Å². The minimum atomic E-state index is -0.164. The summed E-state index contributed by atoms with van der Waals surface area (Å²) in [5.74, 6) is 0. The van der Waals surface area contributed by atoms with E-state index in [0.717, 1.165) is 0 Å². The van der Waals surface area contributed by atoms with Crippen molar-refractivity contribution in [2.24, 2.45) is 7.05 Å². The number of halogens is 2. The van der Waals surface area contributed by atoms with E-state index in [9.17, 15) is 4.79 Å². The van der Waals surface area contributed by atoms with Crippen LogP contribution in [0.5, 0.6) is 0 Å². The van der Waals surface area contributed by atoms with Gasteiger partial charge in [0.05, 0.1) is 5.69 Å². The smallest absolute Gasteiger partial charge is 0.268 e. The van der Waals surface area contributed by atoms with E-state index in [0.29, 0.717) is 10.2 Å². The summed E-state index contributed by atoms with van der Waals surface area (Å²) in [5.41, 5.74) is 0.445. The average molecular weight is 237 g/mol. The average Bonchev–Trinajstić information content (AvgIpc) is 1.97. The van der Waals surface area contributed by atoms with Gasteiger partial charge in [-0.15, -0.1) is 0 Å². The van der Waals surface area contributed by atoms with Gasteiger partial charge in [-0.1, -0.05) is 0 Å². The molecule has 11 heavy (non-hydrogen) atoms. The molecule has 0 fully saturated rings. The van der Waals surface area contributed by atoms with Crippen LogP contribution in [-0.4, -0.2) is 9.55 Å². The first-order valence-corrected chi connectivity index (χ1v) is 4.09. The topological polar surface area (TPSA) is 34.9 Å². The van der Waals surface area contributed by atoms with Crippen molar-refractivity contribution in [3.05, 3.63) is 25.8 Å². The summed E-state index contributed by atoms with van der Waals surface area (Å²) in [4.78, 5) is 15.1. The number of nitrogens with zero attached hydrogens (tertiary/aromatic N) is 2. The molecule has 5 heteroatoms. The third-order valence-corrected chi connectivity index (χ3v) is 2.60. The van der Waals surface area contributed by atoms with Crippen LogP contribution in [0.2, 0.25) is 5.28 Å². The van der Waals surface area contributed by atoms with Crippen LogP contribution in [0.4, 0.5) is 0 Å². The Morgan fingerprint density at radius 1 is 1.64 bits per heavy atom. The van der Waals surface area contributed by atoms with Gasteiger partial charge in [0, 0.05) is 7.05 Å². The van der Waals surface area contributed by atoms with Crippen LogP contribution < -0.4 is 5.56 Å². The summed E-state index contributed by atoms with van der Waals surface area (Å²) >= 11 is 8.73. The molecule has 0 saturated heterocycles. The molecule has 1 heterocycles. The van der Waals surface area contributed by atoms with Crippen LogP contribution in [0, 0.1) is 6.92 Å². The third-order valence-electron chi connectivity index (χ3n) is 1.35. The van der Waals surface area contributed by atoms with Crippen LogP contribution >= 0.6 is 27.5 Å². The highest BCUT2D eigenvalue weighted by Crippen LogP contribution is 2.10. The Morgan fingerprint density at radius 2 is 2.18 bits per heavy atom. The summed E-state index contributed by atoms with van der Waals surface area (Å²) in [5, 5.41) is 0.204. The maximum absolute atomic E-state index is 11.2. The molecule has 0 spiro atoms. The van der Waals surface area contributed by atoms with E-state index in [1.165, 1.54) is 4.57 Å². The number of aryl methyl sites for hydroxylation is 1.